The maximum absolute atomic E-state index is 12.3. The van der Waals surface area contributed by atoms with Crippen molar-refractivity contribution in [2.45, 2.75) is 25.8 Å². The number of aromatic carboxylic acids is 1. The first-order valence-electron chi connectivity index (χ1n) is 8.19. The van der Waals surface area contributed by atoms with E-state index >= 15 is 0 Å². The second-order valence-electron chi connectivity index (χ2n) is 6.25. The van der Waals surface area contributed by atoms with Crippen molar-refractivity contribution in [1.82, 2.24) is 14.7 Å². The molecule has 1 aliphatic rings. The van der Waals surface area contributed by atoms with Gasteiger partial charge in [0, 0.05) is 19.3 Å². The van der Waals surface area contributed by atoms with Crippen LogP contribution in [0.3, 0.4) is 0 Å². The van der Waals surface area contributed by atoms with Gasteiger partial charge in [-0.05, 0) is 30.7 Å². The van der Waals surface area contributed by atoms with Gasteiger partial charge in [0.1, 0.15) is 6.54 Å². The largest absolute Gasteiger partial charge is 0.478 e. The first-order chi connectivity index (χ1) is 11.6. The number of hydrogen-bond donors (Lipinski definition) is 1. The minimum absolute atomic E-state index is 0.00630. The molecule has 1 aromatic heterocycles. The lowest BCUT2D eigenvalue weighted by molar-refractivity contribution is -0.133. The van der Waals surface area contributed by atoms with Crippen molar-refractivity contribution < 1.29 is 14.7 Å². The Labute approximate surface area is 140 Å². The number of rotatable bonds is 5. The van der Waals surface area contributed by atoms with E-state index < -0.39 is 5.97 Å². The number of benzene rings is 1. The molecule has 2 heterocycles. The predicted octanol–water partition coefficient (Wildman–Crippen LogP) is 2.06. The van der Waals surface area contributed by atoms with E-state index in [1.807, 2.05) is 11.0 Å². The van der Waals surface area contributed by atoms with Crippen molar-refractivity contribution in [2.75, 3.05) is 13.1 Å². The minimum Gasteiger partial charge on any atom is -0.478 e. The summed E-state index contributed by atoms with van der Waals surface area (Å²) in [4.78, 5) is 25.0. The molecule has 1 fully saturated rings. The van der Waals surface area contributed by atoms with Crippen LogP contribution in [0.5, 0.6) is 0 Å². The lowest BCUT2D eigenvalue weighted by atomic mass is 9.90. The third-order valence-corrected chi connectivity index (χ3v) is 4.51. The van der Waals surface area contributed by atoms with Crippen LogP contribution in [0.15, 0.2) is 42.7 Å². The van der Waals surface area contributed by atoms with Crippen molar-refractivity contribution in [3.63, 3.8) is 0 Å². The van der Waals surface area contributed by atoms with Gasteiger partial charge < -0.3 is 10.0 Å². The van der Waals surface area contributed by atoms with Crippen molar-refractivity contribution in [2.24, 2.45) is 5.92 Å². The van der Waals surface area contributed by atoms with Crippen molar-refractivity contribution >= 4 is 11.9 Å². The molecule has 0 aliphatic carbocycles. The summed E-state index contributed by atoms with van der Waals surface area (Å²) in [6, 6.07) is 10.4. The molecule has 126 valence electrons. The third kappa shape index (κ3) is 4.01. The van der Waals surface area contributed by atoms with Gasteiger partial charge >= 0.3 is 5.97 Å². The monoisotopic (exact) mass is 327 g/mol. The molecule has 0 bridgehead atoms. The highest BCUT2D eigenvalue weighted by molar-refractivity contribution is 5.87. The topological polar surface area (TPSA) is 75.4 Å². The Bertz CT molecular complexity index is 703. The van der Waals surface area contributed by atoms with E-state index in [0.717, 1.165) is 32.4 Å². The van der Waals surface area contributed by atoms with Crippen LogP contribution in [0.2, 0.25) is 0 Å². The average Bonchev–Trinajstić information content (AvgIpc) is 3.05. The highest BCUT2D eigenvalue weighted by atomic mass is 16.4. The predicted molar refractivity (Wildman–Crippen MR) is 88.6 cm³/mol. The highest BCUT2D eigenvalue weighted by Crippen LogP contribution is 2.21. The number of nitrogens with zero attached hydrogens (tertiary/aromatic N) is 3. The number of aromatic nitrogens is 2. The fraction of sp³-hybridized carbons (Fsp3) is 0.389. The zero-order valence-corrected chi connectivity index (χ0v) is 13.5. The summed E-state index contributed by atoms with van der Waals surface area (Å²) in [7, 11) is 0. The van der Waals surface area contributed by atoms with Gasteiger partial charge in [0.05, 0.1) is 11.8 Å². The van der Waals surface area contributed by atoms with Crippen LogP contribution in [-0.4, -0.2) is 44.8 Å². The molecule has 6 nitrogen and oxygen atoms in total. The molecular weight excluding hydrogens is 306 g/mol. The molecule has 0 spiro atoms. The van der Waals surface area contributed by atoms with Crippen LogP contribution in [0.1, 0.15) is 28.8 Å². The van der Waals surface area contributed by atoms with E-state index in [9.17, 15) is 9.59 Å². The molecule has 1 aromatic carbocycles. The van der Waals surface area contributed by atoms with Gasteiger partial charge in [-0.1, -0.05) is 30.3 Å². The van der Waals surface area contributed by atoms with E-state index in [2.05, 4.69) is 29.4 Å². The Morgan fingerprint density at radius 2 is 1.88 bits per heavy atom. The standard InChI is InChI=1S/C18H21N3O3/c22-17(13-21-12-16(11-19-21)18(23)24)20-8-6-15(7-9-20)10-14-4-2-1-3-5-14/h1-5,11-12,15H,6-10,13H2,(H,23,24). The van der Waals surface area contributed by atoms with Crippen LogP contribution in [0, 0.1) is 5.92 Å². The molecule has 24 heavy (non-hydrogen) atoms. The van der Waals surface area contributed by atoms with E-state index in [1.54, 1.807) is 0 Å². The lowest BCUT2D eigenvalue weighted by Gasteiger charge is -2.32. The zero-order valence-electron chi connectivity index (χ0n) is 13.5. The maximum atomic E-state index is 12.3. The number of likely N-dealkylation sites (tertiary alicyclic amines) is 1. The summed E-state index contributed by atoms with van der Waals surface area (Å²) >= 11 is 0. The van der Waals surface area contributed by atoms with Crippen molar-refractivity contribution in [3.05, 3.63) is 53.9 Å². The SMILES string of the molecule is O=C(O)c1cnn(CC(=O)N2CCC(Cc3ccccc3)CC2)c1. The third-order valence-electron chi connectivity index (χ3n) is 4.51. The zero-order chi connectivity index (χ0) is 16.9. The Morgan fingerprint density at radius 1 is 1.17 bits per heavy atom. The van der Waals surface area contributed by atoms with Crippen LogP contribution in [0.4, 0.5) is 0 Å². The molecule has 2 aromatic rings. The number of carbonyl (C=O) groups is 2. The van der Waals surface area contributed by atoms with Crippen LogP contribution in [0.25, 0.3) is 0 Å². The van der Waals surface area contributed by atoms with Gasteiger partial charge in [0.2, 0.25) is 5.91 Å². The Hall–Kier alpha value is -2.63. The summed E-state index contributed by atoms with van der Waals surface area (Å²) in [5.41, 5.74) is 1.45. The average molecular weight is 327 g/mol. The summed E-state index contributed by atoms with van der Waals surface area (Å²) in [5.74, 6) is -0.427. The fourth-order valence-corrected chi connectivity index (χ4v) is 3.13. The van der Waals surface area contributed by atoms with Crippen LogP contribution in [-0.2, 0) is 17.8 Å². The molecule has 1 saturated heterocycles. The molecule has 0 saturated carbocycles. The normalized spacial score (nSPS) is 15.4. The lowest BCUT2D eigenvalue weighted by Crippen LogP contribution is -2.40. The molecule has 1 N–H and O–H groups in total. The maximum Gasteiger partial charge on any atom is 0.338 e. The Balaban J connectivity index is 1.48. The van der Waals surface area contributed by atoms with E-state index in [-0.39, 0.29) is 18.0 Å². The Morgan fingerprint density at radius 3 is 2.50 bits per heavy atom. The fourth-order valence-electron chi connectivity index (χ4n) is 3.13. The van der Waals surface area contributed by atoms with Gasteiger partial charge in [0.25, 0.3) is 0 Å². The summed E-state index contributed by atoms with van der Waals surface area (Å²) < 4.78 is 1.39. The van der Waals surface area contributed by atoms with Gasteiger partial charge in [-0.2, -0.15) is 5.10 Å². The second-order valence-corrected chi connectivity index (χ2v) is 6.25. The number of hydrogen-bond acceptors (Lipinski definition) is 3. The van der Waals surface area contributed by atoms with Crippen LogP contribution < -0.4 is 0 Å². The van der Waals surface area contributed by atoms with Gasteiger partial charge in [-0.15, -0.1) is 0 Å². The molecule has 0 unspecified atom stereocenters. The first kappa shape index (κ1) is 16.2. The second kappa shape index (κ2) is 7.29. The molecule has 1 amide bonds. The van der Waals surface area contributed by atoms with Crippen molar-refractivity contribution in [3.8, 4) is 0 Å². The molecule has 0 radical (unpaired) electrons. The molecule has 3 rings (SSSR count). The molecular formula is C18H21N3O3. The number of amides is 1. The molecule has 6 heteroatoms. The van der Waals surface area contributed by atoms with E-state index in [1.165, 1.54) is 22.6 Å². The minimum atomic E-state index is -1.03. The molecule has 1 aliphatic heterocycles. The smallest absolute Gasteiger partial charge is 0.338 e. The van der Waals surface area contributed by atoms with Gasteiger partial charge in [0.15, 0.2) is 0 Å². The number of carbonyl (C=O) groups excluding carboxylic acids is 1. The van der Waals surface area contributed by atoms with Crippen LogP contribution >= 0.6 is 0 Å². The number of carboxylic acids is 1. The molecule has 0 atom stereocenters. The number of piperidine rings is 1. The van der Waals surface area contributed by atoms with E-state index in [0.29, 0.717) is 5.92 Å². The number of carboxylic acid groups (broad SMARTS) is 1. The van der Waals surface area contributed by atoms with Crippen molar-refractivity contribution in [1.29, 1.82) is 0 Å². The summed E-state index contributed by atoms with van der Waals surface area (Å²) in [6.45, 7) is 1.60. The highest BCUT2D eigenvalue weighted by Gasteiger charge is 2.23. The van der Waals surface area contributed by atoms with E-state index in [4.69, 9.17) is 5.11 Å². The van der Waals surface area contributed by atoms with Gasteiger partial charge in [-0.25, -0.2) is 4.79 Å². The summed E-state index contributed by atoms with van der Waals surface area (Å²) in [5, 5.41) is 12.8. The Kier molecular flexibility index (Phi) is 4.93. The van der Waals surface area contributed by atoms with Gasteiger partial charge in [-0.3, -0.25) is 9.48 Å². The first-order valence-corrected chi connectivity index (χ1v) is 8.19. The quantitative estimate of drug-likeness (QED) is 0.912. The summed E-state index contributed by atoms with van der Waals surface area (Å²) in [6.07, 6.45) is 5.72.